The minimum atomic E-state index is -0.140. The molecule has 2 aromatic rings. The molecule has 0 aliphatic heterocycles. The molecule has 0 saturated heterocycles. The lowest BCUT2D eigenvalue weighted by Crippen LogP contribution is -2.13. The van der Waals surface area contributed by atoms with Crippen molar-refractivity contribution in [3.63, 3.8) is 0 Å². The Kier molecular flexibility index (Phi) is 4.64. The summed E-state index contributed by atoms with van der Waals surface area (Å²) >= 11 is 5.86. The average Bonchev–Trinajstić information content (AvgIpc) is 2.38. The molecule has 1 unspecified atom stereocenters. The number of hydrogen-bond donors (Lipinski definition) is 1. The Hall–Kier alpha value is -0.590. The Morgan fingerprint density at radius 2 is 1.89 bits per heavy atom. The van der Waals surface area contributed by atoms with Crippen LogP contribution in [0.25, 0.3) is 0 Å². The van der Waals surface area contributed by atoms with Crippen LogP contribution < -0.4 is 10.5 Å². The van der Waals surface area contributed by atoms with Crippen molar-refractivity contribution in [3.8, 4) is 5.75 Å². The molecule has 2 nitrogen and oxygen atoms in total. The monoisotopic (exact) mass is 417 g/mol. The first-order chi connectivity index (χ1) is 8.63. The Morgan fingerprint density at radius 3 is 2.50 bits per heavy atom. The molecule has 4 heteroatoms. The molecule has 0 aromatic heterocycles. The molecule has 0 radical (unpaired) electrons. The summed E-state index contributed by atoms with van der Waals surface area (Å²) in [6.07, 6.45) is 0. The van der Waals surface area contributed by atoms with Gasteiger partial charge in [0.25, 0.3) is 0 Å². The molecule has 0 fully saturated rings. The quantitative estimate of drug-likeness (QED) is 0.762. The number of ether oxygens (including phenoxy) is 1. The summed E-state index contributed by atoms with van der Waals surface area (Å²) < 4.78 is 7.33. The molecule has 94 valence electrons. The van der Waals surface area contributed by atoms with Crippen LogP contribution in [-0.2, 0) is 0 Å². The molecule has 1 atom stereocenters. The van der Waals surface area contributed by atoms with E-state index in [1.165, 1.54) is 3.57 Å². The van der Waals surface area contributed by atoms with E-state index < -0.39 is 0 Å². The largest absolute Gasteiger partial charge is 0.497 e. The van der Waals surface area contributed by atoms with Crippen LogP contribution in [0, 0.1) is 3.57 Å². The number of nitrogens with two attached hydrogens (primary N) is 1. The zero-order valence-corrected chi connectivity index (χ0v) is 13.6. The summed E-state index contributed by atoms with van der Waals surface area (Å²) in [5.41, 5.74) is 8.52. The van der Waals surface area contributed by atoms with Gasteiger partial charge in [0.2, 0.25) is 0 Å². The highest BCUT2D eigenvalue weighted by molar-refractivity contribution is 14.1. The zero-order valence-electron chi connectivity index (χ0n) is 9.86. The van der Waals surface area contributed by atoms with Gasteiger partial charge in [-0.15, -0.1) is 0 Å². The van der Waals surface area contributed by atoms with Crippen molar-refractivity contribution in [3.05, 3.63) is 61.6 Å². The van der Waals surface area contributed by atoms with Crippen LogP contribution in [0.2, 0.25) is 0 Å². The molecule has 0 spiro atoms. The van der Waals surface area contributed by atoms with E-state index in [1.807, 2.05) is 30.3 Å². The molecule has 0 aliphatic rings. The van der Waals surface area contributed by atoms with Crippen molar-refractivity contribution in [2.45, 2.75) is 6.04 Å². The highest BCUT2D eigenvalue weighted by atomic mass is 127. The molecule has 2 N–H and O–H groups in total. The molecule has 0 amide bonds. The molecule has 0 bridgehead atoms. The van der Waals surface area contributed by atoms with E-state index in [4.69, 9.17) is 10.5 Å². The first-order valence-corrected chi connectivity index (χ1v) is 7.34. The molecule has 0 aliphatic carbocycles. The minimum Gasteiger partial charge on any atom is -0.497 e. The van der Waals surface area contributed by atoms with Gasteiger partial charge < -0.3 is 10.5 Å². The van der Waals surface area contributed by atoms with Gasteiger partial charge in [-0.05, 0) is 51.9 Å². The topological polar surface area (TPSA) is 35.2 Å². The summed E-state index contributed by atoms with van der Waals surface area (Å²) in [5, 5.41) is 0. The van der Waals surface area contributed by atoms with Gasteiger partial charge in [0.15, 0.2) is 0 Å². The second kappa shape index (κ2) is 6.04. The van der Waals surface area contributed by atoms with Crippen LogP contribution >= 0.6 is 38.5 Å². The molecule has 18 heavy (non-hydrogen) atoms. The predicted molar refractivity (Wildman–Crippen MR) is 85.9 cm³/mol. The van der Waals surface area contributed by atoms with Gasteiger partial charge in [-0.2, -0.15) is 0 Å². The normalized spacial score (nSPS) is 12.2. The van der Waals surface area contributed by atoms with E-state index in [1.54, 1.807) is 7.11 Å². The number of halogens is 2. The molecule has 0 heterocycles. The van der Waals surface area contributed by atoms with Gasteiger partial charge in [0, 0.05) is 8.04 Å². The minimum absolute atomic E-state index is 0.140. The fraction of sp³-hybridized carbons (Fsp3) is 0.143. The Balaban J connectivity index is 2.40. The van der Waals surface area contributed by atoms with Crippen LogP contribution in [0.1, 0.15) is 17.2 Å². The van der Waals surface area contributed by atoms with Crippen molar-refractivity contribution < 1.29 is 4.74 Å². The maximum atomic E-state index is 6.33. The smallest absolute Gasteiger partial charge is 0.120 e. The first kappa shape index (κ1) is 13.8. The lowest BCUT2D eigenvalue weighted by Gasteiger charge is -2.16. The summed E-state index contributed by atoms with van der Waals surface area (Å²) in [4.78, 5) is 0. The van der Waals surface area contributed by atoms with Gasteiger partial charge in [-0.1, -0.05) is 40.2 Å². The first-order valence-electron chi connectivity index (χ1n) is 5.47. The van der Waals surface area contributed by atoms with Crippen molar-refractivity contribution in [1.82, 2.24) is 0 Å². The van der Waals surface area contributed by atoms with Gasteiger partial charge in [-0.3, -0.25) is 0 Å². The number of benzene rings is 2. The van der Waals surface area contributed by atoms with Crippen LogP contribution in [0.5, 0.6) is 5.75 Å². The number of hydrogen-bond acceptors (Lipinski definition) is 2. The van der Waals surface area contributed by atoms with E-state index in [9.17, 15) is 0 Å². The van der Waals surface area contributed by atoms with Crippen LogP contribution in [-0.4, -0.2) is 7.11 Å². The lowest BCUT2D eigenvalue weighted by atomic mass is 10.00. The Bertz CT molecular complexity index is 559. The fourth-order valence-corrected chi connectivity index (χ4v) is 3.11. The summed E-state index contributed by atoms with van der Waals surface area (Å²) in [5.74, 6) is 0.820. The second-order valence-electron chi connectivity index (χ2n) is 3.89. The van der Waals surface area contributed by atoms with Crippen LogP contribution in [0.3, 0.4) is 0 Å². The maximum Gasteiger partial charge on any atom is 0.120 e. The molecular weight excluding hydrogens is 405 g/mol. The third kappa shape index (κ3) is 2.87. The zero-order chi connectivity index (χ0) is 13.1. The third-order valence-corrected chi connectivity index (χ3v) is 4.45. The van der Waals surface area contributed by atoms with Crippen molar-refractivity contribution in [1.29, 1.82) is 0 Å². The van der Waals surface area contributed by atoms with Gasteiger partial charge in [0.05, 0.1) is 13.2 Å². The van der Waals surface area contributed by atoms with Crippen molar-refractivity contribution in [2.24, 2.45) is 5.73 Å². The van der Waals surface area contributed by atoms with Crippen LogP contribution in [0.4, 0.5) is 0 Å². The predicted octanol–water partition coefficient (Wildman–Crippen LogP) is 4.11. The van der Waals surface area contributed by atoms with E-state index in [0.29, 0.717) is 0 Å². The van der Waals surface area contributed by atoms with E-state index in [-0.39, 0.29) is 6.04 Å². The summed E-state index contributed by atoms with van der Waals surface area (Å²) in [7, 11) is 1.65. The second-order valence-corrected chi connectivity index (χ2v) is 5.90. The Labute approximate surface area is 129 Å². The highest BCUT2D eigenvalue weighted by Gasteiger charge is 2.14. The lowest BCUT2D eigenvalue weighted by molar-refractivity contribution is 0.414. The number of methoxy groups -OCH3 is 1. The van der Waals surface area contributed by atoms with Crippen molar-refractivity contribution in [2.75, 3.05) is 7.11 Å². The van der Waals surface area contributed by atoms with Gasteiger partial charge in [0.1, 0.15) is 5.75 Å². The SMILES string of the molecule is COc1ccc(C(N)c2ccccc2I)c(Br)c1. The molecule has 0 saturated carbocycles. The molecule has 2 rings (SSSR count). The number of rotatable bonds is 3. The third-order valence-electron chi connectivity index (χ3n) is 2.78. The maximum absolute atomic E-state index is 6.33. The fourth-order valence-electron chi connectivity index (χ4n) is 1.78. The molecule has 2 aromatic carbocycles. The van der Waals surface area contributed by atoms with Crippen molar-refractivity contribution >= 4 is 38.5 Å². The summed E-state index contributed by atoms with van der Waals surface area (Å²) in [6, 6.07) is 13.9. The molecular formula is C14H13BrINO. The standard InChI is InChI=1S/C14H13BrINO/c1-18-9-6-7-10(12(15)8-9)14(17)11-4-2-3-5-13(11)16/h2-8,14H,17H2,1H3. The van der Waals surface area contributed by atoms with Gasteiger partial charge in [-0.25, -0.2) is 0 Å². The van der Waals surface area contributed by atoms with Crippen LogP contribution in [0.15, 0.2) is 46.9 Å². The average molecular weight is 418 g/mol. The highest BCUT2D eigenvalue weighted by Crippen LogP contribution is 2.31. The Morgan fingerprint density at radius 1 is 1.17 bits per heavy atom. The summed E-state index contributed by atoms with van der Waals surface area (Å²) in [6.45, 7) is 0. The van der Waals surface area contributed by atoms with Gasteiger partial charge >= 0.3 is 0 Å². The van der Waals surface area contributed by atoms with E-state index in [0.717, 1.165) is 21.3 Å². The van der Waals surface area contributed by atoms with E-state index in [2.05, 4.69) is 50.7 Å². The van der Waals surface area contributed by atoms with E-state index >= 15 is 0 Å².